The highest BCUT2D eigenvalue weighted by Crippen LogP contribution is 2.20. The predicted octanol–water partition coefficient (Wildman–Crippen LogP) is 4.35. The number of imidazole rings is 1. The molecule has 0 aliphatic heterocycles. The summed E-state index contributed by atoms with van der Waals surface area (Å²) in [4.78, 5) is 4.15. The van der Waals surface area contributed by atoms with Crippen LogP contribution in [-0.2, 0) is 0 Å². The Balaban J connectivity index is 1.67. The van der Waals surface area contributed by atoms with Gasteiger partial charge in [0.05, 0.1) is 25.1 Å². The third-order valence-corrected chi connectivity index (χ3v) is 5.61. The van der Waals surface area contributed by atoms with Crippen molar-refractivity contribution in [1.82, 2.24) is 4.68 Å². The molecule has 0 bridgehead atoms. The largest absolute Gasteiger partial charge is 0.497 e. The van der Waals surface area contributed by atoms with E-state index < -0.39 is 0 Å². The van der Waals surface area contributed by atoms with E-state index in [9.17, 15) is 0 Å². The Kier molecular flexibility index (Phi) is 7.26. The molecule has 7 heteroatoms. The van der Waals surface area contributed by atoms with E-state index in [0.29, 0.717) is 0 Å². The highest BCUT2D eigenvalue weighted by molar-refractivity contribution is 5.81. The third-order valence-electron chi connectivity index (χ3n) is 5.61. The molecule has 1 heterocycles. The van der Waals surface area contributed by atoms with Crippen molar-refractivity contribution < 1.29 is 9.41 Å². The monoisotopic (exact) mass is 467 g/mol. The second kappa shape index (κ2) is 10.7. The van der Waals surface area contributed by atoms with Crippen molar-refractivity contribution in [3.8, 4) is 17.1 Å². The van der Waals surface area contributed by atoms with Crippen molar-refractivity contribution in [1.29, 1.82) is 0 Å². The van der Waals surface area contributed by atoms with Gasteiger partial charge < -0.3 is 14.5 Å². The second-order valence-corrected chi connectivity index (χ2v) is 8.50. The van der Waals surface area contributed by atoms with E-state index in [0.717, 1.165) is 39.6 Å². The fourth-order valence-corrected chi connectivity index (χ4v) is 3.54. The number of nitrogens with zero attached hydrogens (tertiary/aromatic N) is 6. The fourth-order valence-electron chi connectivity index (χ4n) is 3.54. The summed E-state index contributed by atoms with van der Waals surface area (Å²) in [6.07, 6.45) is 7.49. The molecule has 0 saturated carbocycles. The maximum absolute atomic E-state index is 5.33. The number of hydrogen-bond acceptors (Lipinski definition) is 5. The lowest BCUT2D eigenvalue weighted by atomic mass is 10.2. The number of benzene rings is 3. The van der Waals surface area contributed by atoms with E-state index in [4.69, 9.17) is 14.9 Å². The molecule has 35 heavy (non-hydrogen) atoms. The van der Waals surface area contributed by atoms with Crippen molar-refractivity contribution in [3.63, 3.8) is 0 Å². The first-order chi connectivity index (χ1) is 16.9. The zero-order valence-corrected chi connectivity index (χ0v) is 20.8. The first-order valence-corrected chi connectivity index (χ1v) is 11.4. The van der Waals surface area contributed by atoms with E-state index in [1.165, 1.54) is 0 Å². The van der Waals surface area contributed by atoms with Crippen molar-refractivity contribution in [2.45, 2.75) is 0 Å². The van der Waals surface area contributed by atoms with Crippen LogP contribution < -0.4 is 19.2 Å². The van der Waals surface area contributed by atoms with Gasteiger partial charge in [-0.3, -0.25) is 0 Å². The molecule has 0 unspecified atom stereocenters. The first-order valence-electron chi connectivity index (χ1n) is 11.4. The Bertz CT molecular complexity index is 1220. The predicted molar refractivity (Wildman–Crippen MR) is 144 cm³/mol. The van der Waals surface area contributed by atoms with Crippen LogP contribution in [0.3, 0.4) is 0 Å². The molecule has 0 spiro atoms. The second-order valence-electron chi connectivity index (χ2n) is 8.50. The molecule has 0 N–H and O–H groups in total. The minimum atomic E-state index is 0.798. The summed E-state index contributed by atoms with van der Waals surface area (Å²) in [7, 11) is 9.77. The molecular formula is C28H31N6O+. The van der Waals surface area contributed by atoms with Gasteiger partial charge in [-0.15, -0.1) is 0 Å². The minimum absolute atomic E-state index is 0.798. The van der Waals surface area contributed by atoms with Crippen LogP contribution in [0.15, 0.2) is 95.4 Å². The zero-order chi connectivity index (χ0) is 24.8. The highest BCUT2D eigenvalue weighted by atomic mass is 16.5. The Morgan fingerprint density at radius 1 is 0.743 bits per heavy atom. The maximum atomic E-state index is 5.33. The lowest BCUT2D eigenvalue weighted by Gasteiger charge is -2.11. The van der Waals surface area contributed by atoms with Gasteiger partial charge in [0.2, 0.25) is 0 Å². The lowest BCUT2D eigenvalue weighted by molar-refractivity contribution is -0.666. The molecule has 4 rings (SSSR count). The maximum Gasteiger partial charge on any atom is 0.339 e. The van der Waals surface area contributed by atoms with Crippen molar-refractivity contribution in [2.24, 2.45) is 10.2 Å². The van der Waals surface area contributed by atoms with Crippen LogP contribution in [0, 0.1) is 0 Å². The average molecular weight is 468 g/mol. The summed E-state index contributed by atoms with van der Waals surface area (Å²) in [5.74, 6) is 1.63. The quantitative estimate of drug-likeness (QED) is 0.286. The minimum Gasteiger partial charge on any atom is -0.497 e. The van der Waals surface area contributed by atoms with E-state index in [1.807, 2.05) is 86.6 Å². The van der Waals surface area contributed by atoms with Crippen LogP contribution in [0.25, 0.3) is 11.4 Å². The van der Waals surface area contributed by atoms with Crippen LogP contribution in [0.2, 0.25) is 0 Å². The van der Waals surface area contributed by atoms with Gasteiger partial charge in [-0.2, -0.15) is 0 Å². The third kappa shape index (κ3) is 5.76. The van der Waals surface area contributed by atoms with Crippen molar-refractivity contribution in [3.05, 3.63) is 96.3 Å². The fraction of sp³-hybridized carbons (Fsp3) is 0.179. The molecule has 178 valence electrons. The van der Waals surface area contributed by atoms with E-state index in [2.05, 4.69) is 58.3 Å². The topological polar surface area (TPSA) is 49.2 Å². The highest BCUT2D eigenvalue weighted by Gasteiger charge is 2.20. The van der Waals surface area contributed by atoms with Crippen molar-refractivity contribution in [2.75, 3.05) is 45.1 Å². The molecular weight excluding hydrogens is 436 g/mol. The first kappa shape index (κ1) is 23.8. The van der Waals surface area contributed by atoms with Gasteiger partial charge in [-0.05, 0) is 59.7 Å². The standard InChI is InChI=1S/C28H31N6O/c1-31(2)25-12-6-22(7-13-25)20-29-33-18-19-34(28(33)24-10-16-27(35-5)17-11-24)30-21-23-8-14-26(15-9-23)32(3)4/h6-21H,1-5H3/q+1. The number of aromatic nitrogens is 2. The number of anilines is 2. The average Bonchev–Trinajstić information content (AvgIpc) is 3.29. The summed E-state index contributed by atoms with van der Waals surface area (Å²) in [5, 5.41) is 9.45. The molecule has 0 radical (unpaired) electrons. The number of ether oxygens (including phenoxy) is 1. The smallest absolute Gasteiger partial charge is 0.339 e. The van der Waals surface area contributed by atoms with Gasteiger partial charge in [-0.1, -0.05) is 43.8 Å². The summed E-state index contributed by atoms with van der Waals surface area (Å²) in [5.41, 5.74) is 5.29. The Morgan fingerprint density at radius 3 is 1.80 bits per heavy atom. The molecule has 0 fully saturated rings. The van der Waals surface area contributed by atoms with Gasteiger partial charge >= 0.3 is 5.82 Å². The molecule has 0 amide bonds. The number of rotatable bonds is 8. The van der Waals surface area contributed by atoms with Gasteiger partial charge in [-0.25, -0.2) is 0 Å². The molecule has 0 atom stereocenters. The van der Waals surface area contributed by atoms with E-state index in [1.54, 1.807) is 7.11 Å². The molecule has 1 aromatic heterocycles. The summed E-state index contributed by atoms with van der Waals surface area (Å²) in [6.45, 7) is 0. The van der Waals surface area contributed by atoms with Gasteiger partial charge in [0.25, 0.3) is 0 Å². The molecule has 7 nitrogen and oxygen atoms in total. The molecule has 0 saturated heterocycles. The lowest BCUT2D eigenvalue weighted by Crippen LogP contribution is -2.28. The van der Waals surface area contributed by atoms with Crippen LogP contribution in [0.5, 0.6) is 5.75 Å². The van der Waals surface area contributed by atoms with Gasteiger partial charge in [0.1, 0.15) is 5.75 Å². The van der Waals surface area contributed by atoms with Crippen LogP contribution >= 0.6 is 0 Å². The Hall–Kier alpha value is -4.39. The number of hydrogen-bond donors (Lipinski definition) is 0. The Morgan fingerprint density at radius 2 is 1.29 bits per heavy atom. The van der Waals surface area contributed by atoms with Crippen LogP contribution in [-0.4, -0.2) is 52.4 Å². The van der Waals surface area contributed by atoms with E-state index in [-0.39, 0.29) is 0 Å². The van der Waals surface area contributed by atoms with Gasteiger partial charge in [0.15, 0.2) is 12.4 Å². The van der Waals surface area contributed by atoms with Crippen molar-refractivity contribution >= 4 is 23.8 Å². The van der Waals surface area contributed by atoms with E-state index >= 15 is 0 Å². The van der Waals surface area contributed by atoms with Gasteiger partial charge in [0, 0.05) is 39.6 Å². The normalized spacial score (nSPS) is 11.3. The van der Waals surface area contributed by atoms with Crippen LogP contribution in [0.1, 0.15) is 11.1 Å². The number of methoxy groups -OCH3 is 1. The van der Waals surface area contributed by atoms with Crippen LogP contribution in [0.4, 0.5) is 11.4 Å². The summed E-state index contributed by atoms with van der Waals surface area (Å²) in [6, 6.07) is 24.4. The molecule has 3 aromatic carbocycles. The molecule has 4 aromatic rings. The Labute approximate surface area is 206 Å². The SMILES string of the molecule is COc1ccc(-c2n(N=Cc3ccc(N(C)C)cc3)cc[n+]2N=Cc2ccc(N(C)C)cc2)cc1. The summed E-state index contributed by atoms with van der Waals surface area (Å²) >= 11 is 0. The molecule has 0 aliphatic rings. The molecule has 0 aliphatic carbocycles. The zero-order valence-electron chi connectivity index (χ0n) is 20.8. The summed E-state index contributed by atoms with van der Waals surface area (Å²) < 4.78 is 8.99.